The molecule has 29 heavy (non-hydrogen) atoms. The van der Waals surface area contributed by atoms with Crippen molar-refractivity contribution in [3.8, 4) is 0 Å². The number of amides is 1. The molecule has 1 amide bonds. The molecule has 0 aromatic heterocycles. The summed E-state index contributed by atoms with van der Waals surface area (Å²) >= 11 is 18.7. The molecule has 0 unspecified atom stereocenters. The third kappa shape index (κ3) is 6.94. The van der Waals surface area contributed by atoms with Crippen LogP contribution in [0.15, 0.2) is 77.7 Å². The first-order valence-corrected chi connectivity index (χ1v) is 10.8. The molecule has 148 valence electrons. The number of nitrogens with one attached hydrogen (secondary N) is 3. The third-order valence-electron chi connectivity index (χ3n) is 3.72. The van der Waals surface area contributed by atoms with E-state index in [-0.39, 0.29) is 11.7 Å². The lowest BCUT2D eigenvalue weighted by Gasteiger charge is -2.11. The van der Waals surface area contributed by atoms with Gasteiger partial charge in [0.05, 0.1) is 16.5 Å². The molecule has 0 saturated carbocycles. The summed E-state index contributed by atoms with van der Waals surface area (Å²) in [6, 6.07) is 22.3. The zero-order valence-electron chi connectivity index (χ0n) is 15.1. The zero-order chi connectivity index (χ0) is 20.6. The molecule has 0 atom stereocenters. The molecule has 3 aromatic rings. The maximum absolute atomic E-state index is 12.2. The van der Waals surface area contributed by atoms with Crippen LogP contribution in [0.3, 0.4) is 0 Å². The van der Waals surface area contributed by atoms with E-state index in [9.17, 15) is 4.79 Å². The Morgan fingerprint density at radius 3 is 2.21 bits per heavy atom. The van der Waals surface area contributed by atoms with Crippen molar-refractivity contribution in [1.29, 1.82) is 0 Å². The smallest absolute Gasteiger partial charge is 0.234 e. The van der Waals surface area contributed by atoms with Gasteiger partial charge in [0.1, 0.15) is 0 Å². The highest BCUT2D eigenvalue weighted by Gasteiger charge is 2.08. The molecule has 8 heteroatoms. The number of rotatable bonds is 6. The fraction of sp³-hybridized carbons (Fsp3) is 0.0476. The number of thiocarbonyl (C=S) groups is 1. The Hall–Kier alpha value is -2.25. The summed E-state index contributed by atoms with van der Waals surface area (Å²) < 4.78 is 0. The summed E-state index contributed by atoms with van der Waals surface area (Å²) in [5.41, 5.74) is 2.28. The second kappa shape index (κ2) is 10.5. The van der Waals surface area contributed by atoms with Gasteiger partial charge in [0, 0.05) is 21.3 Å². The minimum Gasteiger partial charge on any atom is -0.332 e. The number of hydrogen-bond donors (Lipinski definition) is 3. The molecule has 0 radical (unpaired) electrons. The van der Waals surface area contributed by atoms with E-state index in [1.807, 2.05) is 54.6 Å². The Morgan fingerprint density at radius 2 is 1.52 bits per heavy atom. The first kappa shape index (κ1) is 21.5. The van der Waals surface area contributed by atoms with Crippen LogP contribution in [0.4, 0.5) is 17.1 Å². The highest BCUT2D eigenvalue weighted by Crippen LogP contribution is 2.26. The van der Waals surface area contributed by atoms with Crippen molar-refractivity contribution in [1.82, 2.24) is 0 Å². The van der Waals surface area contributed by atoms with Gasteiger partial charge in [0.2, 0.25) is 5.91 Å². The lowest BCUT2D eigenvalue weighted by atomic mass is 10.3. The number of hydrogen-bond acceptors (Lipinski definition) is 3. The van der Waals surface area contributed by atoms with Crippen molar-refractivity contribution in [2.45, 2.75) is 4.90 Å². The third-order valence-corrected chi connectivity index (χ3v) is 5.50. The predicted molar refractivity (Wildman–Crippen MR) is 129 cm³/mol. The highest BCUT2D eigenvalue weighted by molar-refractivity contribution is 8.00. The molecule has 0 aliphatic heterocycles. The van der Waals surface area contributed by atoms with Crippen LogP contribution in [0.5, 0.6) is 0 Å². The number of para-hydroxylation sites is 1. The van der Waals surface area contributed by atoms with Crippen molar-refractivity contribution in [3.05, 3.63) is 82.8 Å². The van der Waals surface area contributed by atoms with Gasteiger partial charge in [0.25, 0.3) is 0 Å². The van der Waals surface area contributed by atoms with Crippen LogP contribution in [-0.4, -0.2) is 16.8 Å². The SMILES string of the molecule is O=C(CSc1ccc(NC(=S)Nc2ccccc2)cc1)Nc1cc(Cl)ccc1Cl. The number of thioether (sulfide) groups is 1. The minimum atomic E-state index is -0.158. The standard InChI is InChI=1S/C21H17Cl2N3OS2/c22-14-6-11-18(23)19(12-14)26-20(27)13-29-17-9-7-16(8-10-17)25-21(28)24-15-4-2-1-3-5-15/h1-12H,13H2,(H,26,27)(H2,24,25,28). The van der Waals surface area contributed by atoms with Crippen LogP contribution in [0.25, 0.3) is 0 Å². The van der Waals surface area contributed by atoms with E-state index in [1.54, 1.807) is 18.2 Å². The van der Waals surface area contributed by atoms with Gasteiger partial charge in [-0.15, -0.1) is 11.8 Å². The summed E-state index contributed by atoms with van der Waals surface area (Å²) in [6.45, 7) is 0. The van der Waals surface area contributed by atoms with Crippen LogP contribution in [0.2, 0.25) is 10.0 Å². The molecule has 0 aliphatic carbocycles. The van der Waals surface area contributed by atoms with E-state index in [0.717, 1.165) is 16.3 Å². The van der Waals surface area contributed by atoms with E-state index in [4.69, 9.17) is 35.4 Å². The van der Waals surface area contributed by atoms with Crippen LogP contribution in [0.1, 0.15) is 0 Å². The number of carbonyl (C=O) groups excluding carboxylic acids is 1. The molecule has 3 N–H and O–H groups in total. The van der Waals surface area contributed by atoms with E-state index in [2.05, 4.69) is 16.0 Å². The summed E-state index contributed by atoms with van der Waals surface area (Å²) in [5, 5.41) is 10.5. The number of benzene rings is 3. The van der Waals surface area contributed by atoms with Gasteiger partial charge in [-0.2, -0.15) is 0 Å². The number of anilines is 3. The number of carbonyl (C=O) groups is 1. The summed E-state index contributed by atoms with van der Waals surface area (Å²) in [5.74, 6) is 0.0958. The fourth-order valence-corrected chi connectivity index (χ4v) is 3.65. The Balaban J connectivity index is 1.48. The molecule has 0 saturated heterocycles. The van der Waals surface area contributed by atoms with Gasteiger partial charge in [-0.25, -0.2) is 0 Å². The van der Waals surface area contributed by atoms with E-state index in [1.165, 1.54) is 11.8 Å². The van der Waals surface area contributed by atoms with Crippen LogP contribution in [-0.2, 0) is 4.79 Å². The second-order valence-electron chi connectivity index (χ2n) is 5.93. The zero-order valence-corrected chi connectivity index (χ0v) is 18.3. The van der Waals surface area contributed by atoms with Gasteiger partial charge >= 0.3 is 0 Å². The van der Waals surface area contributed by atoms with Crippen molar-refractivity contribution in [3.63, 3.8) is 0 Å². The molecule has 3 aromatic carbocycles. The van der Waals surface area contributed by atoms with Crippen molar-refractivity contribution >= 4 is 75.3 Å². The molecule has 0 bridgehead atoms. The highest BCUT2D eigenvalue weighted by atomic mass is 35.5. The average molecular weight is 462 g/mol. The molecular weight excluding hydrogens is 445 g/mol. The van der Waals surface area contributed by atoms with Crippen molar-refractivity contribution < 1.29 is 4.79 Å². The Kier molecular flexibility index (Phi) is 7.77. The Labute approximate surface area is 189 Å². The summed E-state index contributed by atoms with van der Waals surface area (Å²) in [4.78, 5) is 13.1. The van der Waals surface area contributed by atoms with Gasteiger partial charge in [-0.05, 0) is 66.8 Å². The molecule has 3 rings (SSSR count). The predicted octanol–water partition coefficient (Wildman–Crippen LogP) is 6.53. The lowest BCUT2D eigenvalue weighted by Crippen LogP contribution is -2.18. The largest absolute Gasteiger partial charge is 0.332 e. The Morgan fingerprint density at radius 1 is 0.862 bits per heavy atom. The monoisotopic (exact) mass is 461 g/mol. The molecule has 0 fully saturated rings. The maximum Gasteiger partial charge on any atom is 0.234 e. The van der Waals surface area contributed by atoms with E-state index in [0.29, 0.717) is 20.8 Å². The topological polar surface area (TPSA) is 53.2 Å². The Bertz CT molecular complexity index is 999. The van der Waals surface area contributed by atoms with Gasteiger partial charge in [-0.1, -0.05) is 41.4 Å². The molecule has 0 aliphatic rings. The van der Waals surface area contributed by atoms with Crippen LogP contribution >= 0.6 is 47.2 Å². The maximum atomic E-state index is 12.2. The molecular formula is C21H17Cl2N3OS2. The fourth-order valence-electron chi connectivity index (χ4n) is 2.38. The molecule has 0 spiro atoms. The molecule has 4 nitrogen and oxygen atoms in total. The first-order chi connectivity index (χ1) is 14.0. The van der Waals surface area contributed by atoms with Gasteiger partial charge < -0.3 is 16.0 Å². The van der Waals surface area contributed by atoms with Crippen molar-refractivity contribution in [2.75, 3.05) is 21.7 Å². The van der Waals surface area contributed by atoms with Crippen LogP contribution < -0.4 is 16.0 Å². The van der Waals surface area contributed by atoms with E-state index >= 15 is 0 Å². The minimum absolute atomic E-state index is 0.158. The van der Waals surface area contributed by atoms with Crippen molar-refractivity contribution in [2.24, 2.45) is 0 Å². The normalized spacial score (nSPS) is 10.3. The summed E-state index contributed by atoms with van der Waals surface area (Å²) in [6.07, 6.45) is 0. The average Bonchev–Trinajstić information content (AvgIpc) is 2.71. The van der Waals surface area contributed by atoms with Crippen LogP contribution in [0, 0.1) is 0 Å². The second-order valence-corrected chi connectivity index (χ2v) is 8.23. The first-order valence-electron chi connectivity index (χ1n) is 8.60. The quantitative estimate of drug-likeness (QED) is 0.287. The van der Waals surface area contributed by atoms with Gasteiger partial charge in [-0.3, -0.25) is 4.79 Å². The summed E-state index contributed by atoms with van der Waals surface area (Å²) in [7, 11) is 0. The van der Waals surface area contributed by atoms with Gasteiger partial charge in [0.15, 0.2) is 5.11 Å². The molecule has 0 heterocycles. The van der Waals surface area contributed by atoms with E-state index < -0.39 is 0 Å². The number of halogens is 2. The lowest BCUT2D eigenvalue weighted by molar-refractivity contribution is -0.113.